The fraction of sp³-hybridized carbons (Fsp3) is 0.316. The molecule has 27 heavy (non-hydrogen) atoms. The van der Waals surface area contributed by atoms with E-state index >= 15 is 0 Å². The van der Waals surface area contributed by atoms with Gasteiger partial charge in [0, 0.05) is 19.0 Å². The second kappa shape index (κ2) is 8.22. The van der Waals surface area contributed by atoms with Gasteiger partial charge in [0.05, 0.1) is 30.7 Å². The van der Waals surface area contributed by atoms with Crippen molar-refractivity contribution in [1.29, 1.82) is 0 Å². The van der Waals surface area contributed by atoms with Crippen molar-refractivity contribution in [1.82, 2.24) is 0 Å². The number of rotatable bonds is 7. The van der Waals surface area contributed by atoms with Gasteiger partial charge in [-0.1, -0.05) is 6.07 Å². The normalized spacial score (nSPS) is 16.3. The van der Waals surface area contributed by atoms with Gasteiger partial charge in [-0.15, -0.1) is 11.3 Å². The molecule has 0 saturated carbocycles. The molecule has 1 aromatic heterocycles. The SMILES string of the molecule is COc1ccc(OC)c(N2C[C@H](C(=O)OCC(=O)c3cccs3)CC2=O)c1. The lowest BCUT2D eigenvalue weighted by Gasteiger charge is -2.20. The average molecular weight is 389 g/mol. The number of carbonyl (C=O) groups is 3. The highest BCUT2D eigenvalue weighted by atomic mass is 32.1. The third kappa shape index (κ3) is 4.11. The van der Waals surface area contributed by atoms with E-state index in [1.165, 1.54) is 30.5 Å². The predicted molar refractivity (Wildman–Crippen MR) is 99.6 cm³/mol. The van der Waals surface area contributed by atoms with Crippen LogP contribution >= 0.6 is 11.3 Å². The highest BCUT2D eigenvalue weighted by molar-refractivity contribution is 7.12. The van der Waals surface area contributed by atoms with Crippen LogP contribution in [0.3, 0.4) is 0 Å². The van der Waals surface area contributed by atoms with Crippen molar-refractivity contribution in [2.75, 3.05) is 32.3 Å². The van der Waals surface area contributed by atoms with Gasteiger partial charge in [0.25, 0.3) is 0 Å². The summed E-state index contributed by atoms with van der Waals surface area (Å²) in [6.45, 7) is -0.166. The lowest BCUT2D eigenvalue weighted by atomic mass is 10.1. The number of esters is 1. The minimum atomic E-state index is -0.635. The topological polar surface area (TPSA) is 82.1 Å². The van der Waals surface area contributed by atoms with Crippen LogP contribution in [0.4, 0.5) is 5.69 Å². The molecule has 0 bridgehead atoms. The summed E-state index contributed by atoms with van der Waals surface area (Å²) in [5.74, 6) is -0.582. The van der Waals surface area contributed by atoms with Gasteiger partial charge in [0.15, 0.2) is 6.61 Å². The molecule has 1 saturated heterocycles. The van der Waals surface area contributed by atoms with Gasteiger partial charge in [0.2, 0.25) is 11.7 Å². The van der Waals surface area contributed by atoms with Crippen LogP contribution in [-0.4, -0.2) is 45.0 Å². The number of Topliss-reactive ketones (excluding diaryl/α,β-unsaturated/α-hetero) is 1. The molecular formula is C19H19NO6S. The maximum absolute atomic E-state index is 12.4. The predicted octanol–water partition coefficient (Wildman–Crippen LogP) is 2.54. The third-order valence-corrected chi connectivity index (χ3v) is 5.19. The van der Waals surface area contributed by atoms with Crippen LogP contribution in [0.1, 0.15) is 16.1 Å². The van der Waals surface area contributed by atoms with Gasteiger partial charge >= 0.3 is 5.97 Å². The van der Waals surface area contributed by atoms with Crippen LogP contribution in [0, 0.1) is 5.92 Å². The van der Waals surface area contributed by atoms with Crippen LogP contribution in [0.2, 0.25) is 0 Å². The largest absolute Gasteiger partial charge is 0.497 e. The number of carbonyl (C=O) groups excluding carboxylic acids is 3. The molecule has 3 rings (SSSR count). The number of ether oxygens (including phenoxy) is 3. The summed E-state index contributed by atoms with van der Waals surface area (Å²) in [6.07, 6.45) is 0.0202. The zero-order valence-electron chi connectivity index (χ0n) is 15.0. The van der Waals surface area contributed by atoms with E-state index in [0.717, 1.165) is 0 Å². The molecule has 1 amide bonds. The van der Waals surface area contributed by atoms with E-state index in [9.17, 15) is 14.4 Å². The zero-order chi connectivity index (χ0) is 19.4. The van der Waals surface area contributed by atoms with Crippen molar-refractivity contribution in [2.45, 2.75) is 6.42 Å². The Morgan fingerprint density at radius 2 is 2.04 bits per heavy atom. The molecule has 0 radical (unpaired) electrons. The Labute approximate surface area is 160 Å². The number of hydrogen-bond acceptors (Lipinski definition) is 7. The zero-order valence-corrected chi connectivity index (χ0v) is 15.8. The fourth-order valence-corrected chi connectivity index (χ4v) is 3.52. The highest BCUT2D eigenvalue weighted by Crippen LogP contribution is 2.36. The van der Waals surface area contributed by atoms with Gasteiger partial charge in [-0.3, -0.25) is 14.4 Å². The lowest BCUT2D eigenvalue weighted by Crippen LogP contribution is -2.27. The van der Waals surface area contributed by atoms with Crippen molar-refractivity contribution in [3.05, 3.63) is 40.6 Å². The third-order valence-electron chi connectivity index (χ3n) is 4.28. The molecule has 142 valence electrons. The Kier molecular flexibility index (Phi) is 5.75. The summed E-state index contributed by atoms with van der Waals surface area (Å²) in [5.41, 5.74) is 0.534. The Morgan fingerprint density at radius 3 is 2.70 bits per heavy atom. The monoisotopic (exact) mass is 389 g/mol. The smallest absolute Gasteiger partial charge is 0.311 e. The van der Waals surface area contributed by atoms with E-state index in [2.05, 4.69) is 0 Å². The summed E-state index contributed by atoms with van der Waals surface area (Å²) in [4.78, 5) is 38.7. The van der Waals surface area contributed by atoms with E-state index in [1.807, 2.05) is 0 Å². The molecule has 8 heteroatoms. The van der Waals surface area contributed by atoms with E-state index in [0.29, 0.717) is 22.1 Å². The van der Waals surface area contributed by atoms with E-state index in [-0.39, 0.29) is 31.3 Å². The Hall–Kier alpha value is -2.87. The summed E-state index contributed by atoms with van der Waals surface area (Å²) in [5, 5.41) is 1.78. The maximum Gasteiger partial charge on any atom is 0.311 e. The van der Waals surface area contributed by atoms with Crippen molar-refractivity contribution >= 4 is 34.7 Å². The number of amides is 1. The minimum absolute atomic E-state index is 0.0202. The van der Waals surface area contributed by atoms with Gasteiger partial charge < -0.3 is 19.1 Å². The Balaban J connectivity index is 1.66. The minimum Gasteiger partial charge on any atom is -0.497 e. The first kappa shape index (κ1) is 18.9. The molecule has 0 unspecified atom stereocenters. The van der Waals surface area contributed by atoms with Crippen LogP contribution < -0.4 is 14.4 Å². The van der Waals surface area contributed by atoms with Gasteiger partial charge in [-0.2, -0.15) is 0 Å². The first-order valence-corrected chi connectivity index (χ1v) is 9.17. The first-order chi connectivity index (χ1) is 13.0. The number of hydrogen-bond donors (Lipinski definition) is 0. The van der Waals surface area contributed by atoms with Crippen molar-refractivity contribution in [3.8, 4) is 11.5 Å². The second-order valence-corrected chi connectivity index (χ2v) is 6.90. The number of ketones is 1. The summed E-state index contributed by atoms with van der Waals surface area (Å²) in [6, 6.07) is 8.55. The van der Waals surface area contributed by atoms with Gasteiger partial charge in [-0.25, -0.2) is 0 Å². The van der Waals surface area contributed by atoms with Crippen LogP contribution in [0.5, 0.6) is 11.5 Å². The Bertz CT molecular complexity index is 848. The second-order valence-electron chi connectivity index (χ2n) is 5.95. The van der Waals surface area contributed by atoms with E-state index in [1.54, 1.807) is 35.7 Å². The van der Waals surface area contributed by atoms with Crippen molar-refractivity contribution in [3.63, 3.8) is 0 Å². The number of methoxy groups -OCH3 is 2. The number of thiophene rings is 1. The van der Waals surface area contributed by atoms with E-state index in [4.69, 9.17) is 14.2 Å². The maximum atomic E-state index is 12.4. The lowest BCUT2D eigenvalue weighted by molar-refractivity contribution is -0.147. The van der Waals surface area contributed by atoms with Gasteiger partial charge in [0.1, 0.15) is 11.5 Å². The summed E-state index contributed by atoms with van der Waals surface area (Å²) in [7, 11) is 3.04. The fourth-order valence-electron chi connectivity index (χ4n) is 2.87. The van der Waals surface area contributed by atoms with Crippen LogP contribution in [0.25, 0.3) is 0 Å². The average Bonchev–Trinajstić information content (AvgIpc) is 3.35. The molecule has 1 aliphatic rings. The molecule has 7 nitrogen and oxygen atoms in total. The van der Waals surface area contributed by atoms with Crippen LogP contribution in [0.15, 0.2) is 35.7 Å². The molecule has 0 aliphatic carbocycles. The molecule has 1 atom stereocenters. The number of nitrogens with zero attached hydrogens (tertiary/aromatic N) is 1. The van der Waals surface area contributed by atoms with Crippen molar-refractivity contribution < 1.29 is 28.6 Å². The Morgan fingerprint density at radius 1 is 1.22 bits per heavy atom. The molecule has 1 aliphatic heterocycles. The first-order valence-electron chi connectivity index (χ1n) is 8.29. The van der Waals surface area contributed by atoms with Gasteiger partial charge in [-0.05, 0) is 23.6 Å². The molecule has 2 heterocycles. The molecule has 1 fully saturated rings. The molecule has 2 aromatic rings. The summed E-state index contributed by atoms with van der Waals surface area (Å²) >= 11 is 1.29. The molecule has 0 spiro atoms. The molecular weight excluding hydrogens is 370 g/mol. The number of benzene rings is 1. The molecule has 1 aromatic carbocycles. The van der Waals surface area contributed by atoms with Crippen LogP contribution in [-0.2, 0) is 14.3 Å². The highest BCUT2D eigenvalue weighted by Gasteiger charge is 2.37. The molecule has 0 N–H and O–H groups in total. The summed E-state index contributed by atoms with van der Waals surface area (Å²) < 4.78 is 15.6. The van der Waals surface area contributed by atoms with Crippen molar-refractivity contribution in [2.24, 2.45) is 5.92 Å². The standard InChI is InChI=1S/C19H19NO6S/c1-24-13-5-6-16(25-2)14(9-13)20-10-12(8-18(20)22)19(23)26-11-15(21)17-4-3-7-27-17/h3-7,9,12H,8,10-11H2,1-2H3/t12-/m1/s1. The van der Waals surface area contributed by atoms with E-state index < -0.39 is 11.9 Å². The quantitative estimate of drug-likeness (QED) is 0.535. The number of anilines is 1.